The average Bonchev–Trinajstić information content (AvgIpc) is 3.80. The summed E-state index contributed by atoms with van der Waals surface area (Å²) in [7, 11) is 1.17. The number of likely N-dealkylation sites (N-methyl/N-ethyl adjacent to an activating group) is 1. The van der Waals surface area contributed by atoms with Gasteiger partial charge < -0.3 is 39.6 Å². The van der Waals surface area contributed by atoms with E-state index < -0.39 is 34.8 Å². The number of carboxylic acids is 1. The van der Waals surface area contributed by atoms with Crippen LogP contribution in [-0.4, -0.2) is 112 Å². The normalized spacial score (nSPS) is 10.8. The summed E-state index contributed by atoms with van der Waals surface area (Å²) in [5.74, 6) is 7.86. The molecule has 5 amide bonds. The summed E-state index contributed by atoms with van der Waals surface area (Å²) in [6.07, 6.45) is 4.98. The van der Waals surface area contributed by atoms with Crippen LogP contribution in [0.1, 0.15) is 114 Å². The van der Waals surface area contributed by atoms with Crippen molar-refractivity contribution in [3.05, 3.63) is 46.5 Å². The van der Waals surface area contributed by atoms with E-state index in [1.807, 2.05) is 40.0 Å². The number of hydrogen-bond donors (Lipinski definition) is 6. The van der Waals surface area contributed by atoms with Crippen molar-refractivity contribution in [1.29, 1.82) is 0 Å². The van der Waals surface area contributed by atoms with Crippen LogP contribution in [0.4, 0.5) is 10.5 Å². The number of carboxylic acid groups (broad SMARTS) is 1. The van der Waals surface area contributed by atoms with Crippen LogP contribution >= 0.6 is 12.6 Å². The number of imide groups is 2. The first-order chi connectivity index (χ1) is 30.5. The van der Waals surface area contributed by atoms with Crippen LogP contribution in [0.2, 0.25) is 0 Å². The number of ether oxygens (including phenoxy) is 2. The molecule has 0 radical (unpaired) electrons. The first kappa shape index (κ1) is 73.3. The summed E-state index contributed by atoms with van der Waals surface area (Å²) in [6, 6.07) is 5.10. The van der Waals surface area contributed by atoms with Gasteiger partial charge >= 0.3 is 18.1 Å². The smallest absolute Gasteiger partial charge is 0.481 e. The molecule has 0 saturated carbocycles. The van der Waals surface area contributed by atoms with Crippen molar-refractivity contribution in [2.45, 2.75) is 114 Å². The number of hydroxylamine groups is 2. The SMILES string of the molecule is CCC(=O)NN.CCC(=O)O.CCC(=O)ON1C(=O)CCC1=O.CCC(C)=O.CCC=O.CCN.CCN1C(=O)C=CC1=O.CCON.CCS.COC(=O)Oc1ccc([N+](=O)[O-])cc1. The number of non-ortho nitro benzene ring substituents is 1. The number of nitrogens with zero attached hydrogens (tertiary/aromatic N) is 3. The highest BCUT2D eigenvalue weighted by Gasteiger charge is 2.32. The second-order valence-corrected chi connectivity index (χ2v) is 11.6. The number of nitrogens with two attached hydrogens (primary N) is 3. The maximum atomic E-state index is 10.9. The summed E-state index contributed by atoms with van der Waals surface area (Å²) < 4.78 is 8.85. The van der Waals surface area contributed by atoms with E-state index in [1.54, 1.807) is 34.6 Å². The Hall–Kier alpha value is -6.15. The number of aldehydes is 1. The predicted molar refractivity (Wildman–Crippen MR) is 243 cm³/mol. The molecule has 2 aliphatic heterocycles. The zero-order valence-electron chi connectivity index (χ0n) is 39.3. The lowest BCUT2D eigenvalue weighted by atomic mass is 10.3. The fourth-order valence-corrected chi connectivity index (χ4v) is 2.44. The molecular formula is C40H71N7O17S. The van der Waals surface area contributed by atoms with Gasteiger partial charge in [-0.2, -0.15) is 12.6 Å². The van der Waals surface area contributed by atoms with E-state index in [9.17, 15) is 58.1 Å². The number of aliphatic carboxylic acids is 1. The van der Waals surface area contributed by atoms with Crippen LogP contribution < -0.4 is 27.6 Å². The van der Waals surface area contributed by atoms with Gasteiger partial charge in [-0.15, -0.1) is 5.06 Å². The maximum absolute atomic E-state index is 10.9. The van der Waals surface area contributed by atoms with Gasteiger partial charge in [-0.05, 0) is 45.2 Å². The quantitative estimate of drug-likeness (QED) is 0.0223. The highest BCUT2D eigenvalue weighted by molar-refractivity contribution is 7.80. The molecule has 1 fully saturated rings. The Morgan fingerprint density at radius 3 is 1.45 bits per heavy atom. The van der Waals surface area contributed by atoms with Gasteiger partial charge in [0.2, 0.25) is 5.91 Å². The van der Waals surface area contributed by atoms with Gasteiger partial charge in [0.1, 0.15) is 17.8 Å². The summed E-state index contributed by atoms with van der Waals surface area (Å²) in [6.45, 7) is 19.5. The van der Waals surface area contributed by atoms with Crippen LogP contribution in [-0.2, 0) is 57.6 Å². The summed E-state index contributed by atoms with van der Waals surface area (Å²) in [5.41, 5.74) is 6.76. The van der Waals surface area contributed by atoms with E-state index in [-0.39, 0.29) is 60.6 Å². The average molecular weight is 954 g/mol. The van der Waals surface area contributed by atoms with Crippen molar-refractivity contribution >= 4 is 78.0 Å². The number of carbonyl (C=O) groups excluding carboxylic acids is 9. The van der Waals surface area contributed by atoms with Crippen molar-refractivity contribution in [3.8, 4) is 5.75 Å². The van der Waals surface area contributed by atoms with Crippen LogP contribution in [0.3, 0.4) is 0 Å². The van der Waals surface area contributed by atoms with Crippen LogP contribution in [0.15, 0.2) is 36.4 Å². The molecule has 25 heteroatoms. The Bertz CT molecular complexity index is 1470. The first-order valence-electron chi connectivity index (χ1n) is 19.9. The molecular weight excluding hydrogens is 883 g/mol. The summed E-state index contributed by atoms with van der Waals surface area (Å²) in [5, 5.41) is 18.5. The van der Waals surface area contributed by atoms with Crippen LogP contribution in [0.5, 0.6) is 5.75 Å². The number of rotatable bonds is 10. The zero-order chi connectivity index (χ0) is 52.3. The lowest BCUT2D eigenvalue weighted by Gasteiger charge is -2.10. The summed E-state index contributed by atoms with van der Waals surface area (Å²) >= 11 is 3.79. The highest BCUT2D eigenvalue weighted by Crippen LogP contribution is 2.17. The third kappa shape index (κ3) is 53.9. The Balaban J connectivity index is -0.000000121. The number of thiol groups is 1. The van der Waals surface area contributed by atoms with Crippen molar-refractivity contribution < 1.29 is 77.1 Å². The molecule has 1 aromatic carbocycles. The number of Topliss-reactive ketones (excluding diaryl/α,β-unsaturated/α-hetero) is 1. The minimum Gasteiger partial charge on any atom is -0.481 e. The van der Waals surface area contributed by atoms with Gasteiger partial charge in [-0.3, -0.25) is 49.2 Å². The molecule has 0 bridgehead atoms. The van der Waals surface area contributed by atoms with Gasteiger partial charge in [-0.1, -0.05) is 48.5 Å². The Labute approximate surface area is 386 Å². The topological polar surface area (TPSA) is 368 Å². The second-order valence-electron chi connectivity index (χ2n) is 10.9. The molecule has 1 aromatic rings. The number of methoxy groups -OCH3 is 1. The number of nitro benzene ring substituents is 1. The van der Waals surface area contributed by atoms with Gasteiger partial charge in [0.15, 0.2) is 0 Å². The van der Waals surface area contributed by atoms with Crippen LogP contribution in [0, 0.1) is 10.1 Å². The van der Waals surface area contributed by atoms with E-state index in [1.165, 1.54) is 48.4 Å². The second kappa shape index (κ2) is 54.0. The summed E-state index contributed by atoms with van der Waals surface area (Å²) in [4.78, 5) is 122. The molecule has 24 nitrogen and oxygen atoms in total. The zero-order valence-corrected chi connectivity index (χ0v) is 40.2. The standard InChI is InChI=1S/C8H7NO5.C7H9NO4.C6H7NO2.C4H8O.C3H8N2O.C3H6O2.C3H6O.C2H7NO.C2H7N.C2H6S/c1-13-8(10)14-7-4-2-6(3-5-7)9(11)12;1-2-7(11)12-8-5(9)3-4-6(8)10;1-2-7-5(8)3-4-6(7)9;1-3-4(2)5;1-2-3(6)5-4;1-2-3(4)5;1-2-3-4;1-2-4-3;2*1-2-3/h2-5H,1H3;2-4H2,1H3;3-4H,2H2,1H3;3H2,1-2H3;2,4H2,1H3,(H,5,6);2H2,1H3,(H,4,5);3H,2H2,1H3;2-3H2,1H3;2-3H2,1H3;3H,2H2,1H3. The predicted octanol–water partition coefficient (Wildman–Crippen LogP) is 3.92. The molecule has 3 rings (SSSR count). The van der Waals surface area contributed by atoms with Crippen molar-refractivity contribution in [2.24, 2.45) is 17.5 Å². The molecule has 374 valence electrons. The monoisotopic (exact) mass is 953 g/mol. The minimum atomic E-state index is -0.862. The molecule has 0 aliphatic carbocycles. The molecule has 0 atom stereocenters. The molecule has 8 N–H and O–H groups in total. The van der Waals surface area contributed by atoms with Gasteiger partial charge in [0, 0.05) is 75.8 Å². The van der Waals surface area contributed by atoms with E-state index in [2.05, 4.69) is 43.5 Å². The number of carbonyl (C=O) groups is 10. The van der Waals surface area contributed by atoms with E-state index >= 15 is 0 Å². The Morgan fingerprint density at radius 2 is 1.25 bits per heavy atom. The number of benzene rings is 1. The Morgan fingerprint density at radius 1 is 0.862 bits per heavy atom. The third-order valence-corrected chi connectivity index (χ3v) is 5.74. The molecule has 65 heavy (non-hydrogen) atoms. The molecule has 0 spiro atoms. The lowest BCUT2D eigenvalue weighted by molar-refractivity contribution is -0.384. The van der Waals surface area contributed by atoms with E-state index in [0.29, 0.717) is 37.5 Å². The molecule has 0 unspecified atom stereocenters. The Kier molecular flexibility index (Phi) is 60.8. The van der Waals surface area contributed by atoms with Crippen molar-refractivity contribution in [1.82, 2.24) is 15.4 Å². The van der Waals surface area contributed by atoms with E-state index in [4.69, 9.17) is 10.8 Å². The molecule has 2 aliphatic rings. The third-order valence-electron chi connectivity index (χ3n) is 5.74. The van der Waals surface area contributed by atoms with Crippen molar-refractivity contribution in [3.63, 3.8) is 0 Å². The van der Waals surface area contributed by atoms with Gasteiger partial charge in [-0.25, -0.2) is 21.3 Å². The number of hydrogen-bond acceptors (Lipinski definition) is 20. The number of amides is 5. The molecule has 1 saturated heterocycles. The largest absolute Gasteiger partial charge is 0.513 e. The number of hydrazine groups is 1. The first-order valence-corrected chi connectivity index (χ1v) is 20.5. The van der Waals surface area contributed by atoms with Crippen molar-refractivity contribution in [2.75, 3.05) is 32.6 Å². The van der Waals surface area contributed by atoms with E-state index in [0.717, 1.165) is 18.6 Å². The number of ketones is 1. The number of nitro groups is 1. The highest BCUT2D eigenvalue weighted by atomic mass is 32.1. The lowest BCUT2D eigenvalue weighted by Crippen LogP contribution is -2.31. The minimum absolute atomic E-state index is 0.0674. The molecule has 2 heterocycles. The maximum Gasteiger partial charge on any atom is 0.513 e. The fraction of sp³-hybridized carbons (Fsp3) is 0.550. The van der Waals surface area contributed by atoms with Crippen LogP contribution in [0.25, 0.3) is 0 Å². The van der Waals surface area contributed by atoms with Gasteiger partial charge in [0.25, 0.3) is 29.3 Å². The number of nitrogens with one attached hydrogen (secondary N) is 1. The fourth-order valence-electron chi connectivity index (χ4n) is 2.44. The van der Waals surface area contributed by atoms with Gasteiger partial charge in [0.05, 0.1) is 18.6 Å². The molecule has 0 aromatic heterocycles.